The van der Waals surface area contributed by atoms with Gasteiger partial charge < -0.3 is 5.32 Å². The van der Waals surface area contributed by atoms with Crippen LogP contribution in [0.5, 0.6) is 0 Å². The fourth-order valence-corrected chi connectivity index (χ4v) is 4.33. The smallest absolute Gasteiger partial charge is 0.160 e. The molecular formula is C15H22N4S2. The van der Waals surface area contributed by atoms with Crippen molar-refractivity contribution in [3.05, 3.63) is 30.2 Å². The monoisotopic (exact) mass is 322 g/mol. The maximum atomic E-state index is 4.45. The lowest BCUT2D eigenvalue weighted by molar-refractivity contribution is 0.411. The molecule has 2 aromatic rings. The summed E-state index contributed by atoms with van der Waals surface area (Å²) in [7, 11) is 0. The third-order valence-electron chi connectivity index (χ3n) is 3.86. The van der Waals surface area contributed by atoms with Crippen molar-refractivity contribution in [2.75, 3.05) is 23.5 Å². The van der Waals surface area contributed by atoms with Crippen LogP contribution in [-0.4, -0.2) is 44.2 Å². The predicted molar refractivity (Wildman–Crippen MR) is 92.2 cm³/mol. The van der Waals surface area contributed by atoms with Crippen LogP contribution in [-0.2, 0) is 0 Å². The standard InChI is InChI=1S/C15H22N4S2/c1-20-10-7-13(16-12-5-4-9-21-11-12)15-18-17-14-6-2-3-8-19(14)15/h2-3,6,8,12-13,16H,4-5,7,9-11H2,1H3/t12-,13-/m0/s1. The van der Waals surface area contributed by atoms with Crippen LogP contribution in [0.2, 0.25) is 0 Å². The van der Waals surface area contributed by atoms with E-state index < -0.39 is 0 Å². The highest BCUT2D eigenvalue weighted by Gasteiger charge is 2.22. The zero-order valence-electron chi connectivity index (χ0n) is 12.4. The van der Waals surface area contributed by atoms with E-state index in [-0.39, 0.29) is 0 Å². The average molecular weight is 323 g/mol. The Kier molecular flexibility index (Phi) is 5.43. The number of hydrogen-bond donors (Lipinski definition) is 1. The van der Waals surface area contributed by atoms with E-state index in [2.05, 4.69) is 44.1 Å². The van der Waals surface area contributed by atoms with Gasteiger partial charge in [0.15, 0.2) is 11.5 Å². The lowest BCUT2D eigenvalue weighted by Gasteiger charge is -2.27. The van der Waals surface area contributed by atoms with Gasteiger partial charge in [0.2, 0.25) is 0 Å². The highest BCUT2D eigenvalue weighted by Crippen LogP contribution is 2.23. The Hall–Kier alpha value is -0.720. The number of pyridine rings is 1. The first-order valence-electron chi connectivity index (χ1n) is 7.51. The molecule has 1 fully saturated rings. The molecule has 114 valence electrons. The van der Waals surface area contributed by atoms with Crippen LogP contribution in [0.15, 0.2) is 24.4 Å². The molecule has 0 spiro atoms. The Morgan fingerprint density at radius 1 is 1.48 bits per heavy atom. The Labute approximate surface area is 134 Å². The average Bonchev–Trinajstić information content (AvgIpc) is 2.96. The highest BCUT2D eigenvalue weighted by molar-refractivity contribution is 7.99. The molecule has 0 aromatic carbocycles. The van der Waals surface area contributed by atoms with Gasteiger partial charge in [-0.25, -0.2) is 0 Å². The number of nitrogens with zero attached hydrogens (tertiary/aromatic N) is 3. The summed E-state index contributed by atoms with van der Waals surface area (Å²) < 4.78 is 2.12. The van der Waals surface area contributed by atoms with Crippen molar-refractivity contribution in [2.24, 2.45) is 0 Å². The van der Waals surface area contributed by atoms with E-state index in [9.17, 15) is 0 Å². The number of hydrogen-bond acceptors (Lipinski definition) is 5. The lowest BCUT2D eigenvalue weighted by Crippen LogP contribution is -2.37. The van der Waals surface area contributed by atoms with Crippen molar-refractivity contribution >= 4 is 29.2 Å². The molecule has 0 unspecified atom stereocenters. The van der Waals surface area contributed by atoms with Crippen LogP contribution in [0, 0.1) is 0 Å². The van der Waals surface area contributed by atoms with Gasteiger partial charge >= 0.3 is 0 Å². The van der Waals surface area contributed by atoms with Gasteiger partial charge in [-0.15, -0.1) is 10.2 Å². The van der Waals surface area contributed by atoms with Crippen LogP contribution in [0.1, 0.15) is 31.1 Å². The van der Waals surface area contributed by atoms with Gasteiger partial charge in [-0.2, -0.15) is 23.5 Å². The number of aromatic nitrogens is 3. The van der Waals surface area contributed by atoms with Crippen LogP contribution < -0.4 is 5.32 Å². The van der Waals surface area contributed by atoms with Crippen molar-refractivity contribution in [3.63, 3.8) is 0 Å². The lowest BCUT2D eigenvalue weighted by atomic mass is 10.1. The number of fused-ring (bicyclic) bond motifs is 1. The summed E-state index contributed by atoms with van der Waals surface area (Å²) in [5, 5.41) is 12.6. The molecule has 1 N–H and O–H groups in total. The summed E-state index contributed by atoms with van der Waals surface area (Å²) in [5.74, 6) is 4.71. The molecule has 3 rings (SSSR count). The molecule has 6 heteroatoms. The number of thioether (sulfide) groups is 2. The minimum Gasteiger partial charge on any atom is -0.304 e. The summed E-state index contributed by atoms with van der Waals surface area (Å²) >= 11 is 3.95. The van der Waals surface area contributed by atoms with Crippen LogP contribution in [0.3, 0.4) is 0 Å². The topological polar surface area (TPSA) is 42.2 Å². The Morgan fingerprint density at radius 3 is 3.24 bits per heavy atom. The molecule has 0 aliphatic carbocycles. The van der Waals surface area contributed by atoms with Crippen molar-refractivity contribution in [1.29, 1.82) is 0 Å². The van der Waals surface area contributed by atoms with E-state index >= 15 is 0 Å². The molecule has 0 amide bonds. The van der Waals surface area contributed by atoms with Gasteiger partial charge in [-0.3, -0.25) is 4.40 Å². The molecule has 2 aromatic heterocycles. The van der Waals surface area contributed by atoms with E-state index in [0.717, 1.165) is 23.6 Å². The van der Waals surface area contributed by atoms with Crippen molar-refractivity contribution in [2.45, 2.75) is 31.3 Å². The highest BCUT2D eigenvalue weighted by atomic mass is 32.2. The predicted octanol–water partition coefficient (Wildman–Crippen LogP) is 3.01. The quantitative estimate of drug-likeness (QED) is 0.885. The molecule has 21 heavy (non-hydrogen) atoms. The number of nitrogens with one attached hydrogen (secondary N) is 1. The zero-order valence-corrected chi connectivity index (χ0v) is 14.0. The van der Waals surface area contributed by atoms with Gasteiger partial charge in [0.1, 0.15) is 0 Å². The normalized spacial score (nSPS) is 20.7. The molecule has 0 radical (unpaired) electrons. The summed E-state index contributed by atoms with van der Waals surface area (Å²) in [6.07, 6.45) is 7.92. The Morgan fingerprint density at radius 2 is 2.43 bits per heavy atom. The minimum atomic E-state index is 0.290. The third-order valence-corrected chi connectivity index (χ3v) is 5.72. The molecule has 4 nitrogen and oxygen atoms in total. The van der Waals surface area contributed by atoms with E-state index in [1.165, 1.54) is 24.3 Å². The first-order chi connectivity index (χ1) is 10.4. The SMILES string of the molecule is CSCC[C@H](N[C@H]1CCCSC1)c1nnc2ccccn12. The second-order valence-corrected chi connectivity index (χ2v) is 7.54. The summed E-state index contributed by atoms with van der Waals surface area (Å²) in [5.41, 5.74) is 0.932. The van der Waals surface area contributed by atoms with Gasteiger partial charge in [0.25, 0.3) is 0 Å². The maximum Gasteiger partial charge on any atom is 0.160 e. The first kappa shape index (κ1) is 15.2. The first-order valence-corrected chi connectivity index (χ1v) is 10.1. The van der Waals surface area contributed by atoms with Crippen molar-refractivity contribution in [1.82, 2.24) is 19.9 Å². The fourth-order valence-electron chi connectivity index (χ4n) is 2.78. The maximum absolute atomic E-state index is 4.45. The largest absolute Gasteiger partial charge is 0.304 e. The molecule has 0 bridgehead atoms. The second kappa shape index (κ2) is 7.51. The molecule has 1 aliphatic heterocycles. The van der Waals surface area contributed by atoms with E-state index in [1.807, 2.05) is 30.0 Å². The summed E-state index contributed by atoms with van der Waals surface area (Å²) in [6.45, 7) is 0. The molecule has 2 atom stereocenters. The number of rotatable bonds is 6. The van der Waals surface area contributed by atoms with Gasteiger partial charge in [0, 0.05) is 18.0 Å². The Balaban J connectivity index is 1.80. The molecule has 3 heterocycles. The second-order valence-electron chi connectivity index (χ2n) is 5.40. The fraction of sp³-hybridized carbons (Fsp3) is 0.600. The molecule has 1 aliphatic rings. The molecular weight excluding hydrogens is 300 g/mol. The molecule has 1 saturated heterocycles. The van der Waals surface area contributed by atoms with Crippen molar-refractivity contribution in [3.8, 4) is 0 Å². The summed E-state index contributed by atoms with van der Waals surface area (Å²) in [4.78, 5) is 0. The van der Waals surface area contributed by atoms with E-state index in [0.29, 0.717) is 12.1 Å². The minimum absolute atomic E-state index is 0.290. The van der Waals surface area contributed by atoms with Crippen molar-refractivity contribution < 1.29 is 0 Å². The van der Waals surface area contributed by atoms with Gasteiger partial charge in [-0.1, -0.05) is 6.07 Å². The van der Waals surface area contributed by atoms with Crippen LogP contribution in [0.25, 0.3) is 5.65 Å². The van der Waals surface area contributed by atoms with E-state index in [4.69, 9.17) is 0 Å². The Bertz CT molecular complexity index is 566. The third kappa shape index (κ3) is 3.73. The van der Waals surface area contributed by atoms with Crippen LogP contribution in [0.4, 0.5) is 0 Å². The van der Waals surface area contributed by atoms with Gasteiger partial charge in [0.05, 0.1) is 6.04 Å². The van der Waals surface area contributed by atoms with E-state index in [1.54, 1.807) is 0 Å². The van der Waals surface area contributed by atoms with Crippen LogP contribution >= 0.6 is 23.5 Å². The van der Waals surface area contributed by atoms with Gasteiger partial charge in [-0.05, 0) is 49.2 Å². The zero-order chi connectivity index (χ0) is 14.5. The molecule has 0 saturated carbocycles. The summed E-state index contributed by atoms with van der Waals surface area (Å²) in [6, 6.07) is 6.96.